The zero-order valence-corrected chi connectivity index (χ0v) is 23.0. The minimum atomic E-state index is -1.56. The second-order valence-corrected chi connectivity index (χ2v) is 10.9. The molecule has 1 aliphatic carbocycles. The van der Waals surface area contributed by atoms with E-state index in [9.17, 15) is 30.3 Å². The molecule has 17 heteroatoms. The third kappa shape index (κ3) is 8.71. The van der Waals surface area contributed by atoms with Crippen molar-refractivity contribution in [2.45, 2.75) is 111 Å². The fraction of sp³-hybridized carbons (Fsp3) is 0.958. The molecule has 2 saturated heterocycles. The van der Waals surface area contributed by atoms with Crippen LogP contribution in [0.5, 0.6) is 0 Å². The monoisotopic (exact) mass is 596 g/mol. The number of aliphatic hydroxyl groups excluding tert-OH is 6. The van der Waals surface area contributed by atoms with E-state index in [-0.39, 0.29) is 32.1 Å². The van der Waals surface area contributed by atoms with Crippen molar-refractivity contribution in [2.75, 3.05) is 32.8 Å². The number of hydrogen-bond donors (Lipinski definition) is 12. The fourth-order valence-corrected chi connectivity index (χ4v) is 5.34. The Morgan fingerprint density at radius 2 is 1.66 bits per heavy atom. The first-order valence-corrected chi connectivity index (χ1v) is 14.1. The maximum atomic E-state index is 12.6. The van der Waals surface area contributed by atoms with Gasteiger partial charge in [0.15, 0.2) is 12.6 Å². The molecule has 0 radical (unpaired) electrons. The van der Waals surface area contributed by atoms with Crippen molar-refractivity contribution in [3.8, 4) is 0 Å². The molecule has 0 aromatic carbocycles. The molecule has 3 fully saturated rings. The van der Waals surface area contributed by atoms with Crippen LogP contribution in [0.3, 0.4) is 0 Å². The number of amides is 1. The summed E-state index contributed by atoms with van der Waals surface area (Å²) in [4.78, 5) is 12.6. The second kappa shape index (κ2) is 16.1. The van der Waals surface area contributed by atoms with E-state index in [0.717, 1.165) is 0 Å². The highest BCUT2D eigenvalue weighted by Gasteiger charge is 2.51. The molecule has 2 heterocycles. The third-order valence-electron chi connectivity index (χ3n) is 7.77. The Balaban J connectivity index is 1.79. The SMILES string of the molecule is NCC[C@H](O)C(=O)N[C@@H]1C[C@H](N)C(OC2O[C@H](CNCCO)CCC2N)C(O)C1O[C@H]1OC(CO)C(O)[C@H](N)C1O. The number of nitrogens with two attached hydrogens (primary N) is 4. The second-order valence-electron chi connectivity index (χ2n) is 10.9. The number of hydrogen-bond acceptors (Lipinski definition) is 16. The molecule has 0 aromatic rings. The summed E-state index contributed by atoms with van der Waals surface area (Å²) in [6.07, 6.45) is -11.0. The van der Waals surface area contributed by atoms with Gasteiger partial charge in [0.2, 0.25) is 5.91 Å². The highest BCUT2D eigenvalue weighted by Crippen LogP contribution is 2.31. The van der Waals surface area contributed by atoms with E-state index >= 15 is 0 Å². The standard InChI is InChI=1S/C24H48N6O11/c25-4-3-14(33)22(37)30-13-7-12(27)20(40-23-11(26)2-1-10(38-23)8-29-5-6-31)19(36)21(13)41-24-18(35)16(28)17(34)15(9-32)39-24/h10-21,23-24,29,31-36H,1-9,25-28H2,(H,30,37)/t10-,11?,12-,13+,14-,15?,16-,17?,18?,19?,20?,21?,23?,24+/m0/s1. The van der Waals surface area contributed by atoms with Gasteiger partial charge in [-0.25, -0.2) is 0 Å². The van der Waals surface area contributed by atoms with Gasteiger partial charge in [-0.15, -0.1) is 0 Å². The van der Waals surface area contributed by atoms with E-state index in [1.807, 2.05) is 0 Å². The molecule has 0 aromatic heterocycles. The zero-order valence-electron chi connectivity index (χ0n) is 23.0. The van der Waals surface area contributed by atoms with Crippen molar-refractivity contribution in [2.24, 2.45) is 22.9 Å². The van der Waals surface area contributed by atoms with Crippen molar-refractivity contribution in [3.63, 3.8) is 0 Å². The summed E-state index contributed by atoms with van der Waals surface area (Å²) >= 11 is 0. The topological polar surface area (TPSA) is 304 Å². The van der Waals surface area contributed by atoms with Gasteiger partial charge in [-0.3, -0.25) is 4.79 Å². The molecule has 1 saturated carbocycles. The number of nitrogens with one attached hydrogen (secondary N) is 2. The van der Waals surface area contributed by atoms with Gasteiger partial charge in [0.25, 0.3) is 0 Å². The van der Waals surface area contributed by atoms with Gasteiger partial charge < -0.3 is 83.2 Å². The Labute approximate surface area is 238 Å². The number of carbonyl (C=O) groups excluding carboxylic acids is 1. The number of aliphatic hydroxyl groups is 6. The molecular formula is C24H48N6O11. The van der Waals surface area contributed by atoms with Crippen molar-refractivity contribution in [3.05, 3.63) is 0 Å². The molecule has 3 aliphatic rings. The minimum Gasteiger partial charge on any atom is -0.395 e. The maximum Gasteiger partial charge on any atom is 0.249 e. The Morgan fingerprint density at radius 1 is 0.951 bits per heavy atom. The smallest absolute Gasteiger partial charge is 0.249 e. The lowest BCUT2D eigenvalue weighted by Crippen LogP contribution is -2.69. The van der Waals surface area contributed by atoms with E-state index < -0.39 is 92.0 Å². The van der Waals surface area contributed by atoms with Crippen molar-refractivity contribution in [1.82, 2.24) is 10.6 Å². The first kappa shape index (κ1) is 34.4. The molecule has 14 atom stereocenters. The lowest BCUT2D eigenvalue weighted by Gasteiger charge is -2.48. The molecule has 0 bridgehead atoms. The average Bonchev–Trinajstić information content (AvgIpc) is 2.94. The summed E-state index contributed by atoms with van der Waals surface area (Å²) in [5.41, 5.74) is 24.0. The van der Waals surface area contributed by atoms with Gasteiger partial charge in [-0.2, -0.15) is 0 Å². The summed E-state index contributed by atoms with van der Waals surface area (Å²) in [5.74, 6) is -0.769. The number of ether oxygens (including phenoxy) is 4. The van der Waals surface area contributed by atoms with Crippen LogP contribution in [-0.4, -0.2) is 155 Å². The highest BCUT2D eigenvalue weighted by atomic mass is 16.7. The zero-order chi connectivity index (χ0) is 30.3. The van der Waals surface area contributed by atoms with E-state index in [1.165, 1.54) is 0 Å². The molecule has 3 rings (SSSR count). The van der Waals surface area contributed by atoms with Crippen LogP contribution in [0.15, 0.2) is 0 Å². The van der Waals surface area contributed by atoms with E-state index in [1.54, 1.807) is 0 Å². The van der Waals surface area contributed by atoms with Crippen molar-refractivity contribution < 1.29 is 54.4 Å². The van der Waals surface area contributed by atoms with Gasteiger partial charge in [0.1, 0.15) is 42.7 Å². The van der Waals surface area contributed by atoms with Crippen LogP contribution in [0.2, 0.25) is 0 Å². The quantitative estimate of drug-likeness (QED) is 0.0879. The Kier molecular flexibility index (Phi) is 13.5. The Bertz CT molecular complexity index is 803. The maximum absolute atomic E-state index is 12.6. The Morgan fingerprint density at radius 3 is 2.32 bits per heavy atom. The van der Waals surface area contributed by atoms with E-state index in [4.69, 9.17) is 47.0 Å². The van der Waals surface area contributed by atoms with E-state index in [0.29, 0.717) is 25.9 Å². The molecule has 8 unspecified atom stereocenters. The molecule has 17 nitrogen and oxygen atoms in total. The van der Waals surface area contributed by atoms with Gasteiger partial charge in [0, 0.05) is 19.1 Å². The highest BCUT2D eigenvalue weighted by molar-refractivity contribution is 5.80. The lowest BCUT2D eigenvalue weighted by atomic mass is 9.83. The predicted octanol–water partition coefficient (Wildman–Crippen LogP) is -6.78. The fourth-order valence-electron chi connectivity index (χ4n) is 5.34. The van der Waals surface area contributed by atoms with Crippen LogP contribution in [-0.2, 0) is 23.7 Å². The molecule has 16 N–H and O–H groups in total. The molecule has 0 spiro atoms. The Hall–Kier alpha value is -1.13. The van der Waals surface area contributed by atoms with Gasteiger partial charge >= 0.3 is 0 Å². The van der Waals surface area contributed by atoms with Crippen LogP contribution in [0, 0.1) is 0 Å². The molecule has 1 amide bonds. The van der Waals surface area contributed by atoms with E-state index in [2.05, 4.69) is 10.6 Å². The van der Waals surface area contributed by atoms with Gasteiger partial charge in [-0.1, -0.05) is 0 Å². The molecular weight excluding hydrogens is 548 g/mol. The lowest BCUT2D eigenvalue weighted by molar-refractivity contribution is -0.314. The van der Waals surface area contributed by atoms with Crippen LogP contribution in [0.25, 0.3) is 0 Å². The van der Waals surface area contributed by atoms with Crippen LogP contribution in [0.1, 0.15) is 25.7 Å². The number of rotatable bonds is 13. The first-order valence-electron chi connectivity index (χ1n) is 14.1. The summed E-state index contributed by atoms with van der Waals surface area (Å²) in [7, 11) is 0. The predicted molar refractivity (Wildman–Crippen MR) is 142 cm³/mol. The molecule has 2 aliphatic heterocycles. The normalized spacial score (nSPS) is 42.5. The van der Waals surface area contributed by atoms with Crippen LogP contribution in [0.4, 0.5) is 0 Å². The van der Waals surface area contributed by atoms with Crippen molar-refractivity contribution >= 4 is 5.91 Å². The summed E-state index contributed by atoms with van der Waals surface area (Å²) in [5, 5.41) is 66.7. The minimum absolute atomic E-state index is 0.00890. The van der Waals surface area contributed by atoms with Crippen LogP contribution >= 0.6 is 0 Å². The third-order valence-corrected chi connectivity index (χ3v) is 7.77. The summed E-state index contributed by atoms with van der Waals surface area (Å²) in [6, 6.07) is -3.61. The van der Waals surface area contributed by atoms with Gasteiger partial charge in [0.05, 0.1) is 37.4 Å². The first-order chi connectivity index (χ1) is 19.5. The average molecular weight is 597 g/mol. The summed E-state index contributed by atoms with van der Waals surface area (Å²) in [6.45, 7) is 0.247. The molecule has 41 heavy (non-hydrogen) atoms. The molecule has 240 valence electrons. The van der Waals surface area contributed by atoms with Gasteiger partial charge in [-0.05, 0) is 32.2 Å². The summed E-state index contributed by atoms with van der Waals surface area (Å²) < 4.78 is 23.6. The largest absolute Gasteiger partial charge is 0.395 e. The van der Waals surface area contributed by atoms with Crippen molar-refractivity contribution in [1.29, 1.82) is 0 Å². The van der Waals surface area contributed by atoms with Crippen LogP contribution < -0.4 is 33.6 Å². The number of carbonyl (C=O) groups is 1.